The highest BCUT2D eigenvalue weighted by atomic mass is 32.2. The third kappa shape index (κ3) is 5.02. The third-order valence-electron chi connectivity index (χ3n) is 5.18. The summed E-state index contributed by atoms with van der Waals surface area (Å²) < 4.78 is 29.1. The van der Waals surface area contributed by atoms with Gasteiger partial charge in [-0.3, -0.25) is 10.0 Å². The number of piperidine rings is 1. The number of carbonyl (C=O) groups is 1. The van der Waals surface area contributed by atoms with Crippen LogP contribution in [-0.2, 0) is 15.0 Å². The van der Waals surface area contributed by atoms with Crippen LogP contribution < -0.4 is 10.2 Å². The summed E-state index contributed by atoms with van der Waals surface area (Å²) in [5.74, 6) is -0.0920. The highest BCUT2D eigenvalue weighted by Crippen LogP contribution is 2.29. The number of hydroxylamine groups is 1. The zero-order chi connectivity index (χ0) is 21.0. The number of aromatic nitrogens is 2. The molecule has 1 fully saturated rings. The van der Waals surface area contributed by atoms with Crippen LogP contribution in [0.2, 0.25) is 0 Å². The Labute approximate surface area is 170 Å². The molecule has 0 aliphatic carbocycles. The fourth-order valence-corrected chi connectivity index (χ4v) is 5.01. The molecule has 2 heterocycles. The lowest BCUT2D eigenvalue weighted by atomic mass is 9.97. The molecule has 1 aliphatic heterocycles. The summed E-state index contributed by atoms with van der Waals surface area (Å²) in [6, 6.07) is 8.82. The molecule has 158 valence electrons. The number of nitrogens with one attached hydrogen (secondary N) is 3. The van der Waals surface area contributed by atoms with Crippen molar-refractivity contribution >= 4 is 16.1 Å². The molecule has 0 radical (unpaired) electrons. The van der Waals surface area contributed by atoms with Crippen LogP contribution in [0.4, 0.5) is 0 Å². The fraction of sp³-hybridized carbons (Fsp3) is 0.474. The number of imidazole rings is 1. The number of aromatic amines is 1. The van der Waals surface area contributed by atoms with Gasteiger partial charge in [-0.15, -0.1) is 0 Å². The van der Waals surface area contributed by atoms with Crippen LogP contribution in [0.3, 0.4) is 0 Å². The van der Waals surface area contributed by atoms with Crippen LogP contribution in [0.1, 0.15) is 38.4 Å². The van der Waals surface area contributed by atoms with Crippen molar-refractivity contribution in [2.24, 2.45) is 5.92 Å². The molecule has 29 heavy (non-hydrogen) atoms. The van der Waals surface area contributed by atoms with Gasteiger partial charge in [0, 0.05) is 30.8 Å². The van der Waals surface area contributed by atoms with Gasteiger partial charge in [0.05, 0.1) is 5.69 Å². The summed E-state index contributed by atoms with van der Waals surface area (Å²) >= 11 is 0. The third-order valence-corrected chi connectivity index (χ3v) is 6.78. The van der Waals surface area contributed by atoms with Gasteiger partial charge in [-0.2, -0.15) is 17.4 Å². The molecular formula is C19H27N5O4S. The molecule has 1 amide bonds. The number of amides is 1. The number of nitrogens with zero attached hydrogens (tertiary/aromatic N) is 2. The molecular weight excluding hydrogens is 394 g/mol. The number of hydrogen-bond donors (Lipinski definition) is 4. The van der Waals surface area contributed by atoms with Crippen molar-refractivity contribution in [1.82, 2.24) is 24.5 Å². The molecule has 3 rings (SSSR count). The van der Waals surface area contributed by atoms with Crippen molar-refractivity contribution in [3.8, 4) is 11.3 Å². The molecule has 1 unspecified atom stereocenters. The Balaban J connectivity index is 1.63. The highest BCUT2D eigenvalue weighted by Gasteiger charge is 2.34. The normalized spacial score (nSPS) is 17.4. The maximum atomic E-state index is 12.7. The Hall–Kier alpha value is -2.27. The molecule has 2 aromatic rings. The number of H-pyrrole nitrogens is 1. The van der Waals surface area contributed by atoms with E-state index >= 15 is 0 Å². The van der Waals surface area contributed by atoms with E-state index in [0.29, 0.717) is 25.9 Å². The molecule has 0 spiro atoms. The molecule has 1 saturated heterocycles. The van der Waals surface area contributed by atoms with E-state index in [1.165, 1.54) is 9.79 Å². The smallest absolute Gasteiger partial charge is 0.280 e. The van der Waals surface area contributed by atoms with E-state index in [2.05, 4.69) is 14.7 Å². The second kappa shape index (κ2) is 9.04. The van der Waals surface area contributed by atoms with E-state index in [1.54, 1.807) is 13.8 Å². The van der Waals surface area contributed by atoms with E-state index in [4.69, 9.17) is 5.21 Å². The first-order valence-corrected chi connectivity index (χ1v) is 11.1. The molecule has 1 atom stereocenters. The van der Waals surface area contributed by atoms with Gasteiger partial charge in [-0.1, -0.05) is 44.2 Å². The molecule has 1 aromatic carbocycles. The first-order valence-electron chi connectivity index (χ1n) is 9.64. The molecule has 4 N–H and O–H groups in total. The average molecular weight is 422 g/mol. The van der Waals surface area contributed by atoms with Crippen LogP contribution in [-0.4, -0.2) is 52.9 Å². The number of benzene rings is 1. The summed E-state index contributed by atoms with van der Waals surface area (Å²) in [6.07, 6.45) is 3.12. The lowest BCUT2D eigenvalue weighted by Gasteiger charge is -2.32. The number of rotatable bonds is 7. The van der Waals surface area contributed by atoms with Crippen LogP contribution in [0.25, 0.3) is 11.3 Å². The van der Waals surface area contributed by atoms with Gasteiger partial charge >= 0.3 is 0 Å². The predicted molar refractivity (Wildman–Crippen MR) is 108 cm³/mol. The van der Waals surface area contributed by atoms with E-state index in [0.717, 1.165) is 17.1 Å². The van der Waals surface area contributed by atoms with Gasteiger partial charge in [0.1, 0.15) is 11.9 Å². The topological polar surface area (TPSA) is 127 Å². The Kier molecular flexibility index (Phi) is 6.68. The molecule has 1 aromatic heterocycles. The minimum atomic E-state index is -3.85. The monoisotopic (exact) mass is 421 g/mol. The molecule has 0 bridgehead atoms. The second-order valence-electron chi connectivity index (χ2n) is 7.53. The zero-order valence-electron chi connectivity index (χ0n) is 16.5. The van der Waals surface area contributed by atoms with Crippen molar-refractivity contribution < 1.29 is 18.4 Å². The summed E-state index contributed by atoms with van der Waals surface area (Å²) in [4.78, 5) is 19.7. The van der Waals surface area contributed by atoms with Crippen LogP contribution in [0.15, 0.2) is 36.5 Å². The van der Waals surface area contributed by atoms with Gasteiger partial charge < -0.3 is 4.98 Å². The summed E-state index contributed by atoms with van der Waals surface area (Å²) in [5.41, 5.74) is 3.42. The van der Waals surface area contributed by atoms with E-state index in [-0.39, 0.29) is 11.8 Å². The maximum absolute atomic E-state index is 12.7. The Morgan fingerprint density at radius 3 is 2.48 bits per heavy atom. The van der Waals surface area contributed by atoms with E-state index in [9.17, 15) is 13.2 Å². The fourth-order valence-electron chi connectivity index (χ4n) is 3.47. The van der Waals surface area contributed by atoms with Crippen molar-refractivity contribution in [2.45, 2.75) is 38.6 Å². The van der Waals surface area contributed by atoms with Gasteiger partial charge in [0.25, 0.3) is 16.1 Å². The van der Waals surface area contributed by atoms with Crippen molar-refractivity contribution in [1.29, 1.82) is 0 Å². The Morgan fingerprint density at radius 2 is 1.90 bits per heavy atom. The largest absolute Gasteiger partial charge is 0.348 e. The van der Waals surface area contributed by atoms with Gasteiger partial charge in [0.15, 0.2) is 0 Å². The van der Waals surface area contributed by atoms with Crippen molar-refractivity contribution in [3.05, 3.63) is 42.4 Å². The van der Waals surface area contributed by atoms with Crippen LogP contribution in [0, 0.1) is 5.92 Å². The molecule has 0 saturated carbocycles. The molecule has 9 nitrogen and oxygen atoms in total. The maximum Gasteiger partial charge on any atom is 0.280 e. The summed E-state index contributed by atoms with van der Waals surface area (Å²) in [7, 11) is -3.85. The number of hydrogen-bond acceptors (Lipinski definition) is 5. The van der Waals surface area contributed by atoms with Gasteiger partial charge in [0.2, 0.25) is 0 Å². The van der Waals surface area contributed by atoms with Crippen molar-refractivity contribution in [2.75, 3.05) is 13.1 Å². The first kappa shape index (κ1) is 21.4. The zero-order valence-corrected chi connectivity index (χ0v) is 17.3. The summed E-state index contributed by atoms with van der Waals surface area (Å²) in [6.45, 7) is 4.06. The van der Waals surface area contributed by atoms with Crippen molar-refractivity contribution in [3.63, 3.8) is 0 Å². The lowest BCUT2D eigenvalue weighted by Crippen LogP contribution is -2.54. The predicted octanol–water partition coefficient (Wildman–Crippen LogP) is 1.62. The summed E-state index contributed by atoms with van der Waals surface area (Å²) in [5, 5.41) is 8.85. The highest BCUT2D eigenvalue weighted by molar-refractivity contribution is 7.87. The first-order chi connectivity index (χ1) is 13.8. The van der Waals surface area contributed by atoms with E-state index in [1.807, 2.05) is 36.5 Å². The SMILES string of the molecule is CC(C)C(NS(=O)(=O)N1CCC(c2nc(-c3ccccc3)c[nH]2)CC1)C(=O)NO. The average Bonchev–Trinajstić information content (AvgIpc) is 3.22. The minimum Gasteiger partial charge on any atom is -0.348 e. The van der Waals surface area contributed by atoms with Gasteiger partial charge in [-0.25, -0.2) is 10.5 Å². The number of carbonyl (C=O) groups excluding carboxylic acids is 1. The minimum absolute atomic E-state index is 0.139. The quantitative estimate of drug-likeness (QED) is 0.399. The molecule has 1 aliphatic rings. The molecule has 10 heteroatoms. The van der Waals surface area contributed by atoms with Gasteiger partial charge in [-0.05, 0) is 18.8 Å². The standard InChI is InChI=1S/C19H27N5O4S/c1-13(2)17(19(25)22-26)23-29(27,28)24-10-8-15(9-11-24)18-20-12-16(21-18)14-6-4-3-5-7-14/h3-7,12-13,15,17,23,26H,8-11H2,1-2H3,(H,20,21)(H,22,25). The lowest BCUT2D eigenvalue weighted by molar-refractivity contribution is -0.131. The van der Waals surface area contributed by atoms with E-state index < -0.39 is 22.2 Å². The van der Waals surface area contributed by atoms with Crippen LogP contribution in [0.5, 0.6) is 0 Å². The van der Waals surface area contributed by atoms with Crippen LogP contribution >= 0.6 is 0 Å². The second-order valence-corrected chi connectivity index (χ2v) is 9.23. The Morgan fingerprint density at radius 1 is 1.24 bits per heavy atom. The Bertz CT molecular complexity index is 921.